The van der Waals surface area contributed by atoms with E-state index in [4.69, 9.17) is 10.5 Å². The van der Waals surface area contributed by atoms with E-state index in [1.54, 1.807) is 0 Å². The summed E-state index contributed by atoms with van der Waals surface area (Å²) in [6.45, 7) is 3.41. The molecule has 0 saturated carbocycles. The van der Waals surface area contributed by atoms with Gasteiger partial charge in [-0.3, -0.25) is 4.79 Å². The van der Waals surface area contributed by atoms with Crippen molar-refractivity contribution in [1.29, 1.82) is 0 Å². The number of likely N-dealkylation sites (N-methyl/N-ethyl adjacent to an activating group) is 1. The predicted octanol–water partition coefficient (Wildman–Crippen LogP) is 1.79. The van der Waals surface area contributed by atoms with E-state index in [1.807, 2.05) is 6.92 Å². The summed E-state index contributed by atoms with van der Waals surface area (Å²) in [5.74, 6) is -1.07. The van der Waals surface area contributed by atoms with Crippen molar-refractivity contribution < 1.29 is 22.7 Å². The van der Waals surface area contributed by atoms with Crippen molar-refractivity contribution >= 4 is 5.91 Å². The van der Waals surface area contributed by atoms with Crippen LogP contribution in [0.1, 0.15) is 22.8 Å². The molecule has 19 heavy (non-hydrogen) atoms. The summed E-state index contributed by atoms with van der Waals surface area (Å²) in [5.41, 5.74) is 3.27. The number of rotatable bonds is 6. The lowest BCUT2D eigenvalue weighted by Gasteiger charge is -2.13. The fourth-order valence-electron chi connectivity index (χ4n) is 1.48. The van der Waals surface area contributed by atoms with Crippen LogP contribution in [-0.2, 0) is 6.18 Å². The highest BCUT2D eigenvalue weighted by Crippen LogP contribution is 2.34. The van der Waals surface area contributed by atoms with Gasteiger partial charge in [0.05, 0.1) is 11.1 Å². The normalized spacial score (nSPS) is 11.4. The van der Waals surface area contributed by atoms with Gasteiger partial charge >= 0.3 is 6.18 Å². The Labute approximate surface area is 108 Å². The molecule has 0 bridgehead atoms. The van der Waals surface area contributed by atoms with Crippen molar-refractivity contribution in [1.82, 2.24) is 5.32 Å². The van der Waals surface area contributed by atoms with Gasteiger partial charge < -0.3 is 15.8 Å². The van der Waals surface area contributed by atoms with Crippen molar-refractivity contribution in [2.75, 3.05) is 19.7 Å². The van der Waals surface area contributed by atoms with Crippen LogP contribution in [0.3, 0.4) is 0 Å². The lowest BCUT2D eigenvalue weighted by Crippen LogP contribution is -2.21. The zero-order valence-corrected chi connectivity index (χ0v) is 10.4. The van der Waals surface area contributed by atoms with Crippen LogP contribution in [0, 0.1) is 0 Å². The lowest BCUT2D eigenvalue weighted by atomic mass is 10.1. The summed E-state index contributed by atoms with van der Waals surface area (Å²) in [6.07, 6.45) is -4.65. The number of primary amides is 1. The number of nitrogens with two attached hydrogens (primary N) is 1. The molecule has 3 N–H and O–H groups in total. The second kappa shape index (κ2) is 6.42. The molecule has 7 heteroatoms. The van der Waals surface area contributed by atoms with Gasteiger partial charge in [-0.05, 0) is 24.7 Å². The molecule has 4 nitrogen and oxygen atoms in total. The summed E-state index contributed by atoms with van der Waals surface area (Å²) in [7, 11) is 0. The molecular weight excluding hydrogens is 261 g/mol. The van der Waals surface area contributed by atoms with E-state index in [9.17, 15) is 18.0 Å². The first-order chi connectivity index (χ1) is 8.86. The standard InChI is InChI=1S/C12H15F3N2O2/c1-2-17-5-6-19-8-3-4-9(11(16)18)10(7-8)12(13,14)15/h3-4,7,17H,2,5-6H2,1H3,(H2,16,18). The molecular formula is C12H15F3N2O2. The Morgan fingerprint density at radius 3 is 2.63 bits per heavy atom. The molecule has 0 aliphatic carbocycles. The Balaban J connectivity index is 2.90. The number of amides is 1. The highest BCUT2D eigenvalue weighted by Gasteiger charge is 2.35. The maximum Gasteiger partial charge on any atom is 0.417 e. The first-order valence-electron chi connectivity index (χ1n) is 5.70. The Morgan fingerprint density at radius 1 is 1.42 bits per heavy atom. The molecule has 1 aromatic carbocycles. The minimum atomic E-state index is -4.65. The van der Waals surface area contributed by atoms with Gasteiger partial charge in [-0.15, -0.1) is 0 Å². The SMILES string of the molecule is CCNCCOc1ccc(C(N)=O)c(C(F)(F)F)c1. The topological polar surface area (TPSA) is 64.3 Å². The minimum absolute atomic E-state index is 0.0511. The molecule has 1 aromatic rings. The number of ether oxygens (including phenoxy) is 1. The second-order valence-corrected chi connectivity index (χ2v) is 3.77. The molecule has 0 heterocycles. The van der Waals surface area contributed by atoms with Gasteiger partial charge in [-0.25, -0.2) is 0 Å². The van der Waals surface area contributed by atoms with E-state index in [0.29, 0.717) is 6.54 Å². The Morgan fingerprint density at radius 2 is 2.11 bits per heavy atom. The molecule has 0 aliphatic rings. The molecule has 0 atom stereocenters. The van der Waals surface area contributed by atoms with Crippen molar-refractivity contribution in [3.05, 3.63) is 29.3 Å². The van der Waals surface area contributed by atoms with Crippen LogP contribution in [0.25, 0.3) is 0 Å². The van der Waals surface area contributed by atoms with Gasteiger partial charge in [-0.1, -0.05) is 6.92 Å². The number of alkyl halides is 3. The average Bonchev–Trinajstić information content (AvgIpc) is 2.33. The largest absolute Gasteiger partial charge is 0.492 e. The zero-order valence-electron chi connectivity index (χ0n) is 10.4. The molecule has 1 amide bonds. The van der Waals surface area contributed by atoms with E-state index in [-0.39, 0.29) is 12.4 Å². The van der Waals surface area contributed by atoms with Crippen molar-refractivity contribution in [3.8, 4) is 5.75 Å². The number of benzene rings is 1. The first kappa shape index (κ1) is 15.3. The molecule has 0 radical (unpaired) electrons. The zero-order chi connectivity index (χ0) is 14.5. The third kappa shape index (κ3) is 4.44. The Kier molecular flexibility index (Phi) is 5.17. The van der Waals surface area contributed by atoms with Gasteiger partial charge in [-0.2, -0.15) is 13.2 Å². The third-order valence-corrected chi connectivity index (χ3v) is 2.36. The van der Waals surface area contributed by atoms with E-state index >= 15 is 0 Å². The van der Waals surface area contributed by atoms with Crippen molar-refractivity contribution in [3.63, 3.8) is 0 Å². The fraction of sp³-hybridized carbons (Fsp3) is 0.417. The Hall–Kier alpha value is -1.76. The van der Waals surface area contributed by atoms with Crippen LogP contribution in [0.4, 0.5) is 13.2 Å². The number of hydrogen-bond acceptors (Lipinski definition) is 3. The second-order valence-electron chi connectivity index (χ2n) is 3.77. The van der Waals surface area contributed by atoms with Crippen LogP contribution < -0.4 is 15.8 Å². The number of nitrogens with one attached hydrogen (secondary N) is 1. The monoisotopic (exact) mass is 276 g/mol. The minimum Gasteiger partial charge on any atom is -0.492 e. The number of halogens is 3. The van der Waals surface area contributed by atoms with Crippen molar-refractivity contribution in [2.45, 2.75) is 13.1 Å². The van der Waals surface area contributed by atoms with Crippen LogP contribution in [-0.4, -0.2) is 25.6 Å². The quantitative estimate of drug-likeness (QED) is 0.779. The fourth-order valence-corrected chi connectivity index (χ4v) is 1.48. The Bertz CT molecular complexity index is 447. The molecule has 0 aromatic heterocycles. The van der Waals surface area contributed by atoms with E-state index in [0.717, 1.165) is 18.7 Å². The number of carbonyl (C=O) groups is 1. The number of carbonyl (C=O) groups excluding carboxylic acids is 1. The lowest BCUT2D eigenvalue weighted by molar-refractivity contribution is -0.138. The van der Waals surface area contributed by atoms with Crippen LogP contribution >= 0.6 is 0 Å². The van der Waals surface area contributed by atoms with E-state index in [2.05, 4.69) is 5.32 Å². The smallest absolute Gasteiger partial charge is 0.417 e. The summed E-state index contributed by atoms with van der Waals surface area (Å²) in [6, 6.07) is 3.10. The third-order valence-electron chi connectivity index (χ3n) is 2.36. The molecule has 0 unspecified atom stereocenters. The van der Waals surface area contributed by atoms with Crippen LogP contribution in [0.15, 0.2) is 18.2 Å². The molecule has 0 aliphatic heterocycles. The van der Waals surface area contributed by atoms with Gasteiger partial charge in [0, 0.05) is 6.54 Å². The van der Waals surface area contributed by atoms with E-state index in [1.165, 1.54) is 6.07 Å². The predicted molar refractivity (Wildman–Crippen MR) is 64.0 cm³/mol. The highest BCUT2D eigenvalue weighted by molar-refractivity contribution is 5.94. The summed E-state index contributed by atoms with van der Waals surface area (Å²) in [4.78, 5) is 11.0. The van der Waals surface area contributed by atoms with Gasteiger partial charge in [0.2, 0.25) is 5.91 Å². The first-order valence-corrected chi connectivity index (χ1v) is 5.70. The molecule has 0 spiro atoms. The summed E-state index contributed by atoms with van der Waals surface area (Å²) < 4.78 is 43.4. The van der Waals surface area contributed by atoms with Crippen LogP contribution in [0.5, 0.6) is 5.75 Å². The summed E-state index contributed by atoms with van der Waals surface area (Å²) in [5, 5.41) is 2.97. The van der Waals surface area contributed by atoms with Crippen LogP contribution in [0.2, 0.25) is 0 Å². The van der Waals surface area contributed by atoms with Gasteiger partial charge in [0.15, 0.2) is 0 Å². The summed E-state index contributed by atoms with van der Waals surface area (Å²) >= 11 is 0. The molecule has 0 saturated heterocycles. The molecule has 1 rings (SSSR count). The van der Waals surface area contributed by atoms with Crippen molar-refractivity contribution in [2.24, 2.45) is 5.73 Å². The maximum atomic E-state index is 12.8. The number of hydrogen-bond donors (Lipinski definition) is 2. The molecule has 0 fully saturated rings. The van der Waals surface area contributed by atoms with E-state index < -0.39 is 23.2 Å². The molecule has 106 valence electrons. The van der Waals surface area contributed by atoms with Gasteiger partial charge in [0.1, 0.15) is 12.4 Å². The maximum absolute atomic E-state index is 12.8. The average molecular weight is 276 g/mol. The highest BCUT2D eigenvalue weighted by atomic mass is 19.4. The van der Waals surface area contributed by atoms with Gasteiger partial charge in [0.25, 0.3) is 0 Å².